The van der Waals surface area contributed by atoms with Crippen LogP contribution in [0.25, 0.3) is 11.6 Å². The Morgan fingerprint density at radius 1 is 0.875 bits per heavy atom. The van der Waals surface area contributed by atoms with Crippen LogP contribution < -0.4 is 9.47 Å². The van der Waals surface area contributed by atoms with Gasteiger partial charge in [0.05, 0.1) is 11.1 Å². The molecule has 0 aromatic heterocycles. The van der Waals surface area contributed by atoms with Gasteiger partial charge in [0.2, 0.25) is 0 Å². The number of carboxylic acid groups (broad SMARTS) is 2. The van der Waals surface area contributed by atoms with Gasteiger partial charge >= 0.3 is 11.9 Å². The Morgan fingerprint density at radius 3 is 2.12 bits per heavy atom. The van der Waals surface area contributed by atoms with Gasteiger partial charge in [0.25, 0.3) is 0 Å². The van der Waals surface area contributed by atoms with E-state index in [1.807, 2.05) is 0 Å². The summed E-state index contributed by atoms with van der Waals surface area (Å²) < 4.78 is 10.9. The number of aromatic carboxylic acids is 1. The van der Waals surface area contributed by atoms with E-state index in [0.29, 0.717) is 35.8 Å². The fourth-order valence-corrected chi connectivity index (χ4v) is 2.37. The van der Waals surface area contributed by atoms with Crippen LogP contribution >= 0.6 is 0 Å². The quantitative estimate of drug-likeness (QED) is 0.663. The summed E-state index contributed by atoms with van der Waals surface area (Å²) in [5.74, 6) is -1.03. The van der Waals surface area contributed by atoms with Crippen molar-refractivity contribution < 1.29 is 29.3 Å². The van der Waals surface area contributed by atoms with Gasteiger partial charge in [0.1, 0.15) is 13.2 Å². The zero-order valence-corrected chi connectivity index (χ0v) is 12.6. The van der Waals surface area contributed by atoms with Gasteiger partial charge in [-0.2, -0.15) is 0 Å². The van der Waals surface area contributed by atoms with Gasteiger partial charge in [-0.1, -0.05) is 18.2 Å². The Balaban J connectivity index is 1.97. The number of benzene rings is 2. The molecule has 0 saturated heterocycles. The Kier molecular flexibility index (Phi) is 4.20. The molecule has 0 fully saturated rings. The third kappa shape index (κ3) is 3.22. The number of fused-ring (bicyclic) bond motifs is 1. The Hall–Kier alpha value is -3.28. The lowest BCUT2D eigenvalue weighted by molar-refractivity contribution is -0.130. The van der Waals surface area contributed by atoms with Gasteiger partial charge in [0, 0.05) is 0 Å². The molecule has 1 heterocycles. The molecular formula is C18H14O6. The molecule has 1 aliphatic rings. The minimum atomic E-state index is -1.09. The van der Waals surface area contributed by atoms with Crippen molar-refractivity contribution >= 4 is 23.6 Å². The lowest BCUT2D eigenvalue weighted by Crippen LogP contribution is -2.15. The summed E-state index contributed by atoms with van der Waals surface area (Å²) in [7, 11) is 0. The van der Waals surface area contributed by atoms with Crippen LogP contribution in [0.5, 0.6) is 11.5 Å². The van der Waals surface area contributed by atoms with Crippen LogP contribution in [-0.4, -0.2) is 35.4 Å². The monoisotopic (exact) mass is 326 g/mol. The van der Waals surface area contributed by atoms with Crippen LogP contribution in [0.15, 0.2) is 42.5 Å². The van der Waals surface area contributed by atoms with Crippen LogP contribution in [0.1, 0.15) is 21.5 Å². The van der Waals surface area contributed by atoms with Gasteiger partial charge < -0.3 is 19.7 Å². The zero-order chi connectivity index (χ0) is 17.1. The molecule has 3 rings (SSSR count). The summed E-state index contributed by atoms with van der Waals surface area (Å²) in [4.78, 5) is 22.5. The topological polar surface area (TPSA) is 93.1 Å². The second kappa shape index (κ2) is 6.45. The molecule has 24 heavy (non-hydrogen) atoms. The Bertz CT molecular complexity index is 820. The molecule has 1 aliphatic heterocycles. The molecule has 0 aliphatic carbocycles. The molecule has 6 nitrogen and oxygen atoms in total. The first-order chi connectivity index (χ1) is 11.5. The summed E-state index contributed by atoms with van der Waals surface area (Å²) in [6.45, 7) is 0.878. The Labute approximate surface area is 137 Å². The number of carbonyl (C=O) groups is 2. The van der Waals surface area contributed by atoms with Gasteiger partial charge in [0.15, 0.2) is 11.5 Å². The van der Waals surface area contributed by atoms with E-state index < -0.39 is 11.9 Å². The average Bonchev–Trinajstić information content (AvgIpc) is 2.59. The SMILES string of the molecule is O=C(O)/C(=C\c1ccc(C(=O)O)cc1)c1ccc2c(c1)OCCO2. The predicted octanol–water partition coefficient (Wildman–Crippen LogP) is 2.78. The van der Waals surface area contributed by atoms with Crippen molar-refractivity contribution in [2.45, 2.75) is 0 Å². The Morgan fingerprint density at radius 2 is 1.50 bits per heavy atom. The molecule has 2 N–H and O–H groups in total. The van der Waals surface area contributed by atoms with Crippen molar-refractivity contribution in [1.82, 2.24) is 0 Å². The molecule has 0 radical (unpaired) electrons. The average molecular weight is 326 g/mol. The molecule has 122 valence electrons. The van der Waals surface area contributed by atoms with Crippen molar-refractivity contribution in [1.29, 1.82) is 0 Å². The molecule has 0 atom stereocenters. The van der Waals surface area contributed by atoms with E-state index in [4.69, 9.17) is 14.6 Å². The van der Waals surface area contributed by atoms with Crippen LogP contribution in [-0.2, 0) is 4.79 Å². The highest BCUT2D eigenvalue weighted by Gasteiger charge is 2.16. The fraction of sp³-hybridized carbons (Fsp3) is 0.111. The number of aliphatic carboxylic acids is 1. The minimum absolute atomic E-state index is 0.0787. The van der Waals surface area contributed by atoms with Crippen molar-refractivity contribution in [3.8, 4) is 11.5 Å². The maximum atomic E-state index is 11.6. The maximum absolute atomic E-state index is 11.6. The van der Waals surface area contributed by atoms with Crippen molar-refractivity contribution in [3.05, 3.63) is 59.2 Å². The second-order valence-corrected chi connectivity index (χ2v) is 5.15. The van der Waals surface area contributed by atoms with E-state index in [1.54, 1.807) is 30.3 Å². The third-order valence-corrected chi connectivity index (χ3v) is 3.55. The van der Waals surface area contributed by atoms with E-state index in [2.05, 4.69) is 0 Å². The number of hydrogen-bond donors (Lipinski definition) is 2. The summed E-state index contributed by atoms with van der Waals surface area (Å²) >= 11 is 0. The van der Waals surface area contributed by atoms with Crippen LogP contribution in [0, 0.1) is 0 Å². The standard InChI is InChI=1S/C18H14O6/c19-17(20)12-3-1-11(2-4-12)9-14(18(21)22)13-5-6-15-16(10-13)24-8-7-23-15/h1-6,9-10H,7-8H2,(H,19,20)(H,21,22)/b14-9-. The first kappa shape index (κ1) is 15.6. The molecule has 0 amide bonds. The highest BCUT2D eigenvalue weighted by molar-refractivity contribution is 6.20. The third-order valence-electron chi connectivity index (χ3n) is 3.55. The highest BCUT2D eigenvalue weighted by atomic mass is 16.6. The fourth-order valence-electron chi connectivity index (χ4n) is 2.37. The minimum Gasteiger partial charge on any atom is -0.486 e. The number of ether oxygens (including phenoxy) is 2. The molecule has 0 bridgehead atoms. The first-order valence-electron chi connectivity index (χ1n) is 7.23. The van der Waals surface area contributed by atoms with Crippen molar-refractivity contribution in [3.63, 3.8) is 0 Å². The largest absolute Gasteiger partial charge is 0.486 e. The van der Waals surface area contributed by atoms with Gasteiger partial charge in [-0.3, -0.25) is 0 Å². The van der Waals surface area contributed by atoms with E-state index in [1.165, 1.54) is 18.2 Å². The summed E-state index contributed by atoms with van der Waals surface area (Å²) in [5.41, 5.74) is 1.29. The van der Waals surface area contributed by atoms with E-state index in [9.17, 15) is 14.7 Å². The van der Waals surface area contributed by atoms with Crippen LogP contribution in [0.4, 0.5) is 0 Å². The molecule has 0 unspecified atom stereocenters. The highest BCUT2D eigenvalue weighted by Crippen LogP contribution is 2.33. The van der Waals surface area contributed by atoms with Crippen molar-refractivity contribution in [2.24, 2.45) is 0 Å². The molecule has 0 saturated carbocycles. The molecule has 6 heteroatoms. The van der Waals surface area contributed by atoms with E-state index in [-0.39, 0.29) is 11.1 Å². The number of carboxylic acids is 2. The number of rotatable bonds is 4. The number of hydrogen-bond acceptors (Lipinski definition) is 4. The summed E-state index contributed by atoms with van der Waals surface area (Å²) in [6.07, 6.45) is 1.49. The lowest BCUT2D eigenvalue weighted by atomic mass is 10.0. The normalized spacial score (nSPS) is 13.4. The summed E-state index contributed by atoms with van der Waals surface area (Å²) in [5, 5.41) is 18.4. The maximum Gasteiger partial charge on any atom is 0.336 e. The molecule has 2 aromatic carbocycles. The van der Waals surface area contributed by atoms with Gasteiger partial charge in [-0.05, 0) is 41.5 Å². The van der Waals surface area contributed by atoms with Crippen molar-refractivity contribution in [2.75, 3.05) is 13.2 Å². The smallest absolute Gasteiger partial charge is 0.336 e. The van der Waals surface area contributed by atoms with Crippen LogP contribution in [0.3, 0.4) is 0 Å². The van der Waals surface area contributed by atoms with Gasteiger partial charge in [-0.25, -0.2) is 9.59 Å². The molecular weight excluding hydrogens is 312 g/mol. The van der Waals surface area contributed by atoms with E-state index in [0.717, 1.165) is 0 Å². The molecule has 2 aromatic rings. The first-order valence-corrected chi connectivity index (χ1v) is 7.23. The lowest BCUT2D eigenvalue weighted by Gasteiger charge is -2.19. The molecule has 0 spiro atoms. The second-order valence-electron chi connectivity index (χ2n) is 5.15. The summed E-state index contributed by atoms with van der Waals surface area (Å²) in [6, 6.07) is 10.9. The predicted molar refractivity (Wildman–Crippen MR) is 86.3 cm³/mol. The van der Waals surface area contributed by atoms with E-state index >= 15 is 0 Å². The zero-order valence-electron chi connectivity index (χ0n) is 12.6. The van der Waals surface area contributed by atoms with Crippen LogP contribution in [0.2, 0.25) is 0 Å². The van der Waals surface area contributed by atoms with Gasteiger partial charge in [-0.15, -0.1) is 0 Å².